The number of hydrogen-bond donors (Lipinski definition) is 2. The van der Waals surface area contributed by atoms with E-state index < -0.39 is 0 Å². The lowest BCUT2D eigenvalue weighted by Gasteiger charge is -2.10. The number of aryl methyl sites for hydroxylation is 3. The van der Waals surface area contributed by atoms with Gasteiger partial charge in [0, 0.05) is 22.5 Å². The largest absolute Gasteiger partial charge is 0.360 e. The van der Waals surface area contributed by atoms with Crippen molar-refractivity contribution in [2.24, 2.45) is 0 Å². The van der Waals surface area contributed by atoms with Crippen LogP contribution in [0.15, 0.2) is 34.9 Å². The van der Waals surface area contributed by atoms with Crippen molar-refractivity contribution >= 4 is 35.0 Å². The van der Waals surface area contributed by atoms with Crippen LogP contribution in [0.2, 0.25) is 5.02 Å². The highest BCUT2D eigenvalue weighted by molar-refractivity contribution is 6.30. The van der Waals surface area contributed by atoms with Gasteiger partial charge in [-0.3, -0.25) is 4.79 Å². The molecule has 0 aliphatic rings. The first-order valence-corrected chi connectivity index (χ1v) is 7.92. The van der Waals surface area contributed by atoms with Gasteiger partial charge in [0.15, 0.2) is 5.82 Å². The molecule has 7 nitrogen and oxygen atoms in total. The molecule has 8 heteroatoms. The molecule has 0 radical (unpaired) electrons. The van der Waals surface area contributed by atoms with Gasteiger partial charge >= 0.3 is 0 Å². The average molecular weight is 358 g/mol. The number of aromatic nitrogens is 3. The van der Waals surface area contributed by atoms with Crippen LogP contribution in [0.5, 0.6) is 0 Å². The SMILES string of the molecule is Cc1cc(C(=O)Nc2ccc(Cl)cc2C)nc(Nc2cc(C)on2)n1. The molecule has 25 heavy (non-hydrogen) atoms. The zero-order chi connectivity index (χ0) is 18.0. The van der Waals surface area contributed by atoms with Gasteiger partial charge in [-0.15, -0.1) is 0 Å². The number of anilines is 3. The lowest BCUT2D eigenvalue weighted by Crippen LogP contribution is -2.16. The second-order valence-corrected chi connectivity index (χ2v) is 6.02. The molecule has 1 aromatic carbocycles. The Kier molecular flexibility index (Phi) is 4.67. The second-order valence-electron chi connectivity index (χ2n) is 5.58. The van der Waals surface area contributed by atoms with Crippen LogP contribution in [0, 0.1) is 20.8 Å². The molecule has 1 amide bonds. The van der Waals surface area contributed by atoms with Crippen LogP contribution in [-0.2, 0) is 0 Å². The highest BCUT2D eigenvalue weighted by atomic mass is 35.5. The monoisotopic (exact) mass is 357 g/mol. The first kappa shape index (κ1) is 16.9. The zero-order valence-corrected chi connectivity index (χ0v) is 14.7. The smallest absolute Gasteiger partial charge is 0.274 e. The number of carbonyl (C=O) groups excluding carboxylic acids is 1. The summed E-state index contributed by atoms with van der Waals surface area (Å²) >= 11 is 5.94. The number of amides is 1. The third kappa shape index (κ3) is 4.13. The van der Waals surface area contributed by atoms with Gasteiger partial charge < -0.3 is 15.2 Å². The number of rotatable bonds is 4. The third-order valence-corrected chi connectivity index (χ3v) is 3.63. The number of halogens is 1. The normalized spacial score (nSPS) is 10.6. The van der Waals surface area contributed by atoms with E-state index in [1.165, 1.54) is 0 Å². The fraction of sp³-hybridized carbons (Fsp3) is 0.176. The molecule has 0 unspecified atom stereocenters. The van der Waals surface area contributed by atoms with Crippen molar-refractivity contribution in [3.8, 4) is 0 Å². The predicted octanol–water partition coefficient (Wildman–Crippen LogP) is 4.04. The number of hydrogen-bond acceptors (Lipinski definition) is 6. The molecule has 2 aromatic heterocycles. The predicted molar refractivity (Wildman–Crippen MR) is 95.4 cm³/mol. The second kappa shape index (κ2) is 6.90. The van der Waals surface area contributed by atoms with Gasteiger partial charge in [-0.2, -0.15) is 0 Å². The molecule has 0 spiro atoms. The number of nitrogens with zero attached hydrogens (tertiary/aromatic N) is 3. The van der Waals surface area contributed by atoms with E-state index in [1.54, 1.807) is 44.2 Å². The van der Waals surface area contributed by atoms with Crippen LogP contribution in [-0.4, -0.2) is 21.0 Å². The standard InChI is InChI=1S/C17H16ClN5O2/c1-9-6-12(18)4-5-13(9)20-16(24)14-7-10(2)19-17(21-14)22-15-8-11(3)25-23-15/h4-8H,1-3H3,(H,20,24)(H,19,21,22,23). The van der Waals surface area contributed by atoms with Gasteiger partial charge in [0.2, 0.25) is 5.95 Å². The molecule has 0 saturated carbocycles. The van der Waals surface area contributed by atoms with E-state index in [-0.39, 0.29) is 17.5 Å². The molecule has 128 valence electrons. The van der Waals surface area contributed by atoms with E-state index in [4.69, 9.17) is 16.1 Å². The highest BCUT2D eigenvalue weighted by Gasteiger charge is 2.13. The van der Waals surface area contributed by atoms with E-state index in [0.717, 1.165) is 5.56 Å². The van der Waals surface area contributed by atoms with Crippen molar-refractivity contribution in [3.63, 3.8) is 0 Å². The van der Waals surface area contributed by atoms with Crippen molar-refractivity contribution in [1.29, 1.82) is 0 Å². The first-order chi connectivity index (χ1) is 11.9. The minimum Gasteiger partial charge on any atom is -0.360 e. The molecule has 2 heterocycles. The van der Waals surface area contributed by atoms with Crippen molar-refractivity contribution in [2.45, 2.75) is 20.8 Å². The van der Waals surface area contributed by atoms with Gasteiger partial charge in [0.05, 0.1) is 0 Å². The van der Waals surface area contributed by atoms with Gasteiger partial charge in [-0.25, -0.2) is 9.97 Å². The minimum absolute atomic E-state index is 0.240. The molecular weight excluding hydrogens is 342 g/mol. The maximum Gasteiger partial charge on any atom is 0.274 e. The Labute approximate surface area is 149 Å². The molecule has 3 aromatic rings. The fourth-order valence-electron chi connectivity index (χ4n) is 2.23. The van der Waals surface area contributed by atoms with Gasteiger partial charge in [-0.05, 0) is 50.6 Å². The van der Waals surface area contributed by atoms with Crippen LogP contribution >= 0.6 is 11.6 Å². The summed E-state index contributed by atoms with van der Waals surface area (Å²) < 4.78 is 4.99. The summed E-state index contributed by atoms with van der Waals surface area (Å²) in [6, 6.07) is 8.57. The van der Waals surface area contributed by atoms with E-state index in [1.807, 2.05) is 6.92 Å². The van der Waals surface area contributed by atoms with Gasteiger partial charge in [-0.1, -0.05) is 16.8 Å². The zero-order valence-electron chi connectivity index (χ0n) is 13.9. The first-order valence-electron chi connectivity index (χ1n) is 7.54. The lowest BCUT2D eigenvalue weighted by molar-refractivity contribution is 0.102. The van der Waals surface area contributed by atoms with Crippen LogP contribution in [0.3, 0.4) is 0 Å². The molecule has 0 aliphatic carbocycles. The van der Waals surface area contributed by atoms with Crippen LogP contribution < -0.4 is 10.6 Å². The van der Waals surface area contributed by atoms with Gasteiger partial charge in [0.25, 0.3) is 5.91 Å². The van der Waals surface area contributed by atoms with Crippen molar-refractivity contribution < 1.29 is 9.32 Å². The topological polar surface area (TPSA) is 92.9 Å². The Morgan fingerprint density at radius 2 is 1.92 bits per heavy atom. The maximum atomic E-state index is 12.5. The van der Waals surface area contributed by atoms with E-state index in [2.05, 4.69) is 25.8 Å². The summed E-state index contributed by atoms with van der Waals surface area (Å²) in [5, 5.41) is 10.2. The molecule has 0 fully saturated rings. The number of benzene rings is 1. The lowest BCUT2D eigenvalue weighted by atomic mass is 10.2. The van der Waals surface area contributed by atoms with Crippen molar-refractivity contribution in [2.75, 3.05) is 10.6 Å². The van der Waals surface area contributed by atoms with Crippen LogP contribution in [0.4, 0.5) is 17.5 Å². The Balaban J connectivity index is 1.82. The maximum absolute atomic E-state index is 12.5. The van der Waals surface area contributed by atoms with Crippen molar-refractivity contribution in [1.82, 2.24) is 15.1 Å². The highest BCUT2D eigenvalue weighted by Crippen LogP contribution is 2.20. The Morgan fingerprint density at radius 1 is 1.12 bits per heavy atom. The quantitative estimate of drug-likeness (QED) is 0.732. The summed E-state index contributed by atoms with van der Waals surface area (Å²) in [5.74, 6) is 1.07. The molecule has 0 saturated heterocycles. The summed E-state index contributed by atoms with van der Waals surface area (Å²) in [7, 11) is 0. The fourth-order valence-corrected chi connectivity index (χ4v) is 2.46. The van der Waals surface area contributed by atoms with Crippen molar-refractivity contribution in [3.05, 3.63) is 58.1 Å². The number of carbonyl (C=O) groups is 1. The van der Waals surface area contributed by atoms with Crippen LogP contribution in [0.25, 0.3) is 0 Å². The third-order valence-electron chi connectivity index (χ3n) is 3.39. The summed E-state index contributed by atoms with van der Waals surface area (Å²) in [6.45, 7) is 5.43. The molecule has 3 rings (SSSR count). The Hall–Kier alpha value is -2.93. The molecule has 0 bridgehead atoms. The Morgan fingerprint density at radius 3 is 2.60 bits per heavy atom. The molecular formula is C17H16ClN5O2. The van der Waals surface area contributed by atoms with Crippen LogP contribution in [0.1, 0.15) is 27.5 Å². The average Bonchev–Trinajstić information content (AvgIpc) is 2.94. The van der Waals surface area contributed by atoms with E-state index in [9.17, 15) is 4.79 Å². The summed E-state index contributed by atoms with van der Waals surface area (Å²) in [5.41, 5.74) is 2.43. The number of nitrogens with one attached hydrogen (secondary N) is 2. The van der Waals surface area contributed by atoms with E-state index in [0.29, 0.717) is 28.0 Å². The molecule has 2 N–H and O–H groups in total. The summed E-state index contributed by atoms with van der Waals surface area (Å²) in [6.07, 6.45) is 0. The van der Waals surface area contributed by atoms with E-state index >= 15 is 0 Å². The van der Waals surface area contributed by atoms with Gasteiger partial charge in [0.1, 0.15) is 11.5 Å². The summed E-state index contributed by atoms with van der Waals surface area (Å²) in [4.78, 5) is 21.0. The Bertz CT molecular complexity index is 939. The molecule has 0 aliphatic heterocycles. The molecule has 0 atom stereocenters. The minimum atomic E-state index is -0.338.